The van der Waals surface area contributed by atoms with Crippen LogP contribution in [0.2, 0.25) is 0 Å². The van der Waals surface area contributed by atoms with Gasteiger partial charge in [-0.25, -0.2) is 19.9 Å². The van der Waals surface area contributed by atoms with Crippen LogP contribution in [0.3, 0.4) is 0 Å². The van der Waals surface area contributed by atoms with Gasteiger partial charge >= 0.3 is 0 Å². The lowest BCUT2D eigenvalue weighted by Crippen LogP contribution is -1.96. The average molecular weight is 235 g/mol. The van der Waals surface area contributed by atoms with Gasteiger partial charge in [-0.1, -0.05) is 0 Å². The van der Waals surface area contributed by atoms with Gasteiger partial charge in [-0.3, -0.25) is 0 Å². The molecule has 0 aliphatic carbocycles. The Kier molecular flexibility index (Phi) is 2.67. The van der Waals surface area contributed by atoms with E-state index in [-0.39, 0.29) is 0 Å². The Bertz CT molecular complexity index is 586. The van der Waals surface area contributed by atoms with Gasteiger partial charge in [-0.05, 0) is 18.2 Å². The molecule has 6 heteroatoms. The highest BCUT2D eigenvalue weighted by molar-refractivity contribution is 5.56. The molecule has 0 aliphatic heterocycles. The van der Waals surface area contributed by atoms with Crippen molar-refractivity contribution in [3.63, 3.8) is 0 Å². The maximum absolute atomic E-state index is 4.37. The third kappa shape index (κ3) is 2.03. The summed E-state index contributed by atoms with van der Waals surface area (Å²) in [6.07, 6.45) is 9.24. The Labute approximate surface area is 103 Å². The number of hydrogen-bond donors (Lipinski definition) is 0. The van der Waals surface area contributed by atoms with Crippen LogP contribution in [0.1, 0.15) is 0 Å². The van der Waals surface area contributed by atoms with E-state index >= 15 is 0 Å². The second kappa shape index (κ2) is 4.62. The van der Waals surface area contributed by atoms with Crippen LogP contribution in [-0.4, -0.2) is 30.1 Å². The Hall–Kier alpha value is -2.76. The third-order valence-electron chi connectivity index (χ3n) is 2.20. The molecule has 3 rings (SSSR count). The lowest BCUT2D eigenvalue weighted by atomic mass is 10.3. The van der Waals surface area contributed by atoms with Crippen molar-refractivity contribution < 1.29 is 0 Å². The van der Waals surface area contributed by atoms with E-state index in [9.17, 15) is 0 Å². The fourth-order valence-electron chi connectivity index (χ4n) is 1.41. The van der Waals surface area contributed by atoms with Crippen LogP contribution >= 0.6 is 0 Å². The van der Waals surface area contributed by atoms with E-state index in [4.69, 9.17) is 0 Å². The van der Waals surface area contributed by atoms with Gasteiger partial charge in [0.05, 0.1) is 6.20 Å². The first-order chi connectivity index (χ1) is 8.93. The van der Waals surface area contributed by atoms with E-state index in [0.29, 0.717) is 22.9 Å². The standard InChI is InChI=1S/C12H7N6/c1-3-9(18-16-6-1)10-7-13-8-11(17-10)12-14-4-2-5-15-12/h1-7H. The van der Waals surface area contributed by atoms with Gasteiger partial charge in [0, 0.05) is 18.6 Å². The molecule has 0 unspecified atom stereocenters. The van der Waals surface area contributed by atoms with Crippen molar-refractivity contribution in [3.05, 3.63) is 49.2 Å². The van der Waals surface area contributed by atoms with Crippen LogP contribution in [0.15, 0.2) is 43.0 Å². The summed E-state index contributed by atoms with van der Waals surface area (Å²) in [6.45, 7) is 0. The molecule has 0 atom stereocenters. The lowest BCUT2D eigenvalue weighted by molar-refractivity contribution is 1.02. The minimum absolute atomic E-state index is 0.482. The summed E-state index contributed by atoms with van der Waals surface area (Å²) in [6, 6.07) is 5.34. The van der Waals surface area contributed by atoms with Crippen molar-refractivity contribution >= 4 is 0 Å². The predicted octanol–water partition coefficient (Wildman–Crippen LogP) is 1.19. The molecule has 0 bridgehead atoms. The highest BCUT2D eigenvalue weighted by Crippen LogP contribution is 2.15. The fourth-order valence-corrected chi connectivity index (χ4v) is 1.41. The molecule has 1 radical (unpaired) electrons. The molecule has 0 amide bonds. The summed E-state index contributed by atoms with van der Waals surface area (Å²) in [5, 5.41) is 7.78. The summed E-state index contributed by atoms with van der Waals surface area (Å²) in [5.41, 5.74) is 1.75. The van der Waals surface area contributed by atoms with Gasteiger partial charge in [-0.15, -0.1) is 5.10 Å². The molecule has 6 nitrogen and oxygen atoms in total. The minimum Gasteiger partial charge on any atom is -0.250 e. The molecule has 18 heavy (non-hydrogen) atoms. The summed E-state index contributed by atoms with van der Waals surface area (Å²) < 4.78 is 0. The maximum atomic E-state index is 4.37. The number of rotatable bonds is 2. The smallest absolute Gasteiger partial charge is 0.180 e. The molecule has 0 aromatic carbocycles. The van der Waals surface area contributed by atoms with Gasteiger partial charge in [0.25, 0.3) is 0 Å². The summed E-state index contributed by atoms with van der Waals surface area (Å²) in [4.78, 5) is 16.6. The quantitative estimate of drug-likeness (QED) is 0.664. The maximum Gasteiger partial charge on any atom is 0.180 e. The van der Waals surface area contributed by atoms with Crippen LogP contribution in [0.4, 0.5) is 0 Å². The van der Waals surface area contributed by atoms with Crippen molar-refractivity contribution in [2.75, 3.05) is 0 Å². The van der Waals surface area contributed by atoms with Gasteiger partial charge < -0.3 is 0 Å². The fraction of sp³-hybridized carbons (Fsp3) is 0. The normalized spacial score (nSPS) is 10.2. The first kappa shape index (κ1) is 10.4. The molecular formula is C12H7N6. The highest BCUT2D eigenvalue weighted by atomic mass is 15.1. The SMILES string of the molecule is [c]1ncc(-c2cccnn2)nc1-c1ncccn1. The number of aromatic nitrogens is 6. The topological polar surface area (TPSA) is 77.3 Å². The van der Waals surface area contributed by atoms with E-state index in [1.807, 2.05) is 6.07 Å². The van der Waals surface area contributed by atoms with Gasteiger partial charge in [-0.2, -0.15) is 5.10 Å². The van der Waals surface area contributed by atoms with Crippen LogP contribution in [0, 0.1) is 6.20 Å². The molecule has 85 valence electrons. The molecule has 0 saturated carbocycles. The van der Waals surface area contributed by atoms with Crippen LogP contribution in [0.5, 0.6) is 0 Å². The van der Waals surface area contributed by atoms with E-state index in [2.05, 4.69) is 36.3 Å². The second-order valence-corrected chi connectivity index (χ2v) is 3.40. The Morgan fingerprint density at radius 1 is 0.944 bits per heavy atom. The molecule has 3 heterocycles. The molecule has 0 spiro atoms. The number of hydrogen-bond acceptors (Lipinski definition) is 6. The Morgan fingerprint density at radius 2 is 1.83 bits per heavy atom. The minimum atomic E-state index is 0.482. The first-order valence-corrected chi connectivity index (χ1v) is 5.24. The van der Waals surface area contributed by atoms with Crippen molar-refractivity contribution in [2.24, 2.45) is 0 Å². The van der Waals surface area contributed by atoms with E-state index in [1.165, 1.54) is 0 Å². The summed E-state index contributed by atoms with van der Waals surface area (Å²) >= 11 is 0. The highest BCUT2D eigenvalue weighted by Gasteiger charge is 2.07. The summed E-state index contributed by atoms with van der Waals surface area (Å²) in [5.74, 6) is 0.482. The Balaban J connectivity index is 2.05. The van der Waals surface area contributed by atoms with Gasteiger partial charge in [0.15, 0.2) is 5.82 Å². The van der Waals surface area contributed by atoms with Crippen molar-refractivity contribution in [1.29, 1.82) is 0 Å². The molecule has 0 N–H and O–H groups in total. The largest absolute Gasteiger partial charge is 0.250 e. The second-order valence-electron chi connectivity index (χ2n) is 3.40. The van der Waals surface area contributed by atoms with Crippen molar-refractivity contribution in [1.82, 2.24) is 30.1 Å². The summed E-state index contributed by atoms with van der Waals surface area (Å²) in [7, 11) is 0. The zero-order chi connectivity index (χ0) is 12.2. The van der Waals surface area contributed by atoms with Gasteiger partial charge in [0.1, 0.15) is 23.3 Å². The first-order valence-electron chi connectivity index (χ1n) is 5.24. The molecule has 3 aromatic rings. The Morgan fingerprint density at radius 3 is 2.61 bits per heavy atom. The molecular weight excluding hydrogens is 228 g/mol. The lowest BCUT2D eigenvalue weighted by Gasteiger charge is -2.00. The van der Waals surface area contributed by atoms with Crippen molar-refractivity contribution in [3.8, 4) is 22.9 Å². The molecule has 3 aromatic heterocycles. The van der Waals surface area contributed by atoms with Gasteiger partial charge in [0.2, 0.25) is 0 Å². The molecule has 0 fully saturated rings. The molecule has 0 saturated heterocycles. The molecule has 0 aliphatic rings. The van der Waals surface area contributed by atoms with Crippen LogP contribution in [0.25, 0.3) is 22.9 Å². The zero-order valence-corrected chi connectivity index (χ0v) is 9.22. The van der Waals surface area contributed by atoms with Crippen molar-refractivity contribution in [2.45, 2.75) is 0 Å². The number of nitrogens with zero attached hydrogens (tertiary/aromatic N) is 6. The van der Waals surface area contributed by atoms with Crippen LogP contribution < -0.4 is 0 Å². The van der Waals surface area contributed by atoms with E-state index in [0.717, 1.165) is 0 Å². The van der Waals surface area contributed by atoms with E-state index in [1.54, 1.807) is 36.9 Å². The van der Waals surface area contributed by atoms with Crippen LogP contribution in [-0.2, 0) is 0 Å². The zero-order valence-electron chi connectivity index (χ0n) is 9.22. The monoisotopic (exact) mass is 235 g/mol. The third-order valence-corrected chi connectivity index (χ3v) is 2.20. The average Bonchev–Trinajstić information content (AvgIpc) is 2.49. The van der Waals surface area contributed by atoms with E-state index < -0.39 is 0 Å². The predicted molar refractivity (Wildman–Crippen MR) is 62.9 cm³/mol.